The second-order valence-corrected chi connectivity index (χ2v) is 8.56. The molecule has 0 spiro atoms. The van der Waals surface area contributed by atoms with Gasteiger partial charge < -0.3 is 14.7 Å². The van der Waals surface area contributed by atoms with Gasteiger partial charge in [0, 0.05) is 24.1 Å². The summed E-state index contributed by atoms with van der Waals surface area (Å²) < 4.78 is 18.8. The summed E-state index contributed by atoms with van der Waals surface area (Å²) in [6, 6.07) is 7.90. The molecular weight excluding hydrogens is 411 g/mol. The van der Waals surface area contributed by atoms with Crippen LogP contribution in [0.3, 0.4) is 0 Å². The van der Waals surface area contributed by atoms with E-state index in [1.807, 2.05) is 0 Å². The molecule has 1 atom stereocenters. The van der Waals surface area contributed by atoms with E-state index in [2.05, 4.69) is 9.74 Å². The van der Waals surface area contributed by atoms with E-state index in [-0.39, 0.29) is 30.0 Å². The van der Waals surface area contributed by atoms with Gasteiger partial charge >= 0.3 is 5.97 Å². The zero-order valence-corrected chi connectivity index (χ0v) is 17.9. The first kappa shape index (κ1) is 22.1. The van der Waals surface area contributed by atoms with Crippen LogP contribution in [0, 0.1) is 25.2 Å². The number of rotatable bonds is 6. The van der Waals surface area contributed by atoms with E-state index in [9.17, 15) is 19.1 Å². The third-order valence-electron chi connectivity index (χ3n) is 6.51. The SMILES string of the molecule is [C-]#[N+]c1c(F)ccc(C(O)CN2CCC(CC(=O)c3ccc4c(c3)COC4=O)CC2)c1C. The van der Waals surface area contributed by atoms with Gasteiger partial charge in [0.2, 0.25) is 5.69 Å². The fourth-order valence-electron chi connectivity index (χ4n) is 4.58. The van der Waals surface area contributed by atoms with Gasteiger partial charge in [-0.2, -0.15) is 0 Å². The lowest BCUT2D eigenvalue weighted by atomic mass is 9.89. The first-order valence-corrected chi connectivity index (χ1v) is 10.8. The Bertz CT molecular complexity index is 1100. The van der Waals surface area contributed by atoms with Crippen molar-refractivity contribution >= 4 is 17.4 Å². The molecule has 1 unspecified atom stereocenters. The van der Waals surface area contributed by atoms with Gasteiger partial charge in [-0.1, -0.05) is 12.1 Å². The van der Waals surface area contributed by atoms with E-state index in [0.717, 1.165) is 31.5 Å². The highest BCUT2D eigenvalue weighted by Crippen LogP contribution is 2.31. The number of nitrogens with zero attached hydrogens (tertiary/aromatic N) is 2. The summed E-state index contributed by atoms with van der Waals surface area (Å²) in [6.07, 6.45) is 1.35. The van der Waals surface area contributed by atoms with E-state index in [1.54, 1.807) is 31.2 Å². The highest BCUT2D eigenvalue weighted by atomic mass is 19.1. The van der Waals surface area contributed by atoms with Crippen LogP contribution in [0.25, 0.3) is 4.85 Å². The maximum absolute atomic E-state index is 13.8. The van der Waals surface area contributed by atoms with Gasteiger partial charge in [0.1, 0.15) is 12.4 Å². The van der Waals surface area contributed by atoms with Crippen molar-refractivity contribution in [3.63, 3.8) is 0 Å². The molecule has 32 heavy (non-hydrogen) atoms. The molecule has 2 aliphatic rings. The lowest BCUT2D eigenvalue weighted by Crippen LogP contribution is -2.37. The molecule has 6 nitrogen and oxygen atoms in total. The van der Waals surface area contributed by atoms with Gasteiger partial charge in [0.25, 0.3) is 0 Å². The highest BCUT2D eigenvalue weighted by Gasteiger charge is 2.26. The van der Waals surface area contributed by atoms with Crippen LogP contribution in [0.5, 0.6) is 0 Å². The second kappa shape index (κ2) is 9.19. The Hall–Kier alpha value is -3.08. The number of likely N-dealkylation sites (tertiary alicyclic amines) is 1. The van der Waals surface area contributed by atoms with E-state index >= 15 is 0 Å². The van der Waals surface area contributed by atoms with Crippen molar-refractivity contribution in [2.75, 3.05) is 19.6 Å². The van der Waals surface area contributed by atoms with Gasteiger partial charge in [0.15, 0.2) is 5.78 Å². The predicted molar refractivity (Wildman–Crippen MR) is 116 cm³/mol. The monoisotopic (exact) mass is 436 g/mol. The molecular formula is C25H25FN2O4. The second-order valence-electron chi connectivity index (χ2n) is 8.56. The Morgan fingerprint density at radius 1 is 1.31 bits per heavy atom. The number of aliphatic hydroxyl groups is 1. The fraction of sp³-hybridized carbons (Fsp3) is 0.400. The molecule has 0 bridgehead atoms. The molecule has 2 aromatic rings. The standard InChI is InChI=1S/C25H25FN2O4/c1-15-19(5-6-21(26)24(15)27-2)23(30)13-28-9-7-16(8-10-28)11-22(29)17-3-4-20-18(12-17)14-32-25(20)31/h3-6,12,16,23,30H,7-11,13-14H2,1H3. The maximum atomic E-state index is 13.8. The zero-order chi connectivity index (χ0) is 22.8. The molecule has 1 fully saturated rings. The Labute approximate surface area is 186 Å². The summed E-state index contributed by atoms with van der Waals surface area (Å²) in [5.41, 5.74) is 2.93. The van der Waals surface area contributed by atoms with Gasteiger partial charge in [-0.05, 0) is 68.1 Å². The molecule has 0 aromatic heterocycles. The molecule has 2 aromatic carbocycles. The van der Waals surface area contributed by atoms with Crippen LogP contribution in [-0.4, -0.2) is 41.4 Å². The van der Waals surface area contributed by atoms with Crippen molar-refractivity contribution < 1.29 is 23.8 Å². The minimum Gasteiger partial charge on any atom is -0.457 e. The molecule has 4 rings (SSSR count). The Morgan fingerprint density at radius 3 is 2.78 bits per heavy atom. The summed E-state index contributed by atoms with van der Waals surface area (Å²) in [7, 11) is 0. The molecule has 7 heteroatoms. The number of benzene rings is 2. The smallest absolute Gasteiger partial charge is 0.338 e. The highest BCUT2D eigenvalue weighted by molar-refractivity contribution is 5.99. The molecule has 0 aliphatic carbocycles. The first-order valence-electron chi connectivity index (χ1n) is 10.8. The number of aliphatic hydroxyl groups excluding tert-OH is 1. The lowest BCUT2D eigenvalue weighted by molar-refractivity contribution is 0.0535. The van der Waals surface area contributed by atoms with Crippen LogP contribution in [0.4, 0.5) is 10.1 Å². The molecule has 0 radical (unpaired) electrons. The van der Waals surface area contributed by atoms with Crippen molar-refractivity contribution in [2.45, 2.75) is 38.9 Å². The summed E-state index contributed by atoms with van der Waals surface area (Å²) in [4.78, 5) is 29.7. The van der Waals surface area contributed by atoms with Crippen LogP contribution < -0.4 is 0 Å². The van der Waals surface area contributed by atoms with Gasteiger partial charge in [-0.15, -0.1) is 0 Å². The third-order valence-corrected chi connectivity index (χ3v) is 6.51. The van der Waals surface area contributed by atoms with E-state index < -0.39 is 11.9 Å². The van der Waals surface area contributed by atoms with E-state index in [1.165, 1.54) is 6.07 Å². The van der Waals surface area contributed by atoms with Crippen molar-refractivity contribution in [2.24, 2.45) is 5.92 Å². The van der Waals surface area contributed by atoms with E-state index in [0.29, 0.717) is 35.2 Å². The van der Waals surface area contributed by atoms with Crippen molar-refractivity contribution in [1.29, 1.82) is 0 Å². The number of β-amino-alcohol motifs (C(OH)–C–C–N with tert-alkyl or cyclic N) is 1. The number of cyclic esters (lactones) is 1. The number of piperidine rings is 1. The number of Topliss-reactive ketones (excluding diaryl/α,β-unsaturated/α-hetero) is 1. The number of halogens is 1. The summed E-state index contributed by atoms with van der Waals surface area (Å²) in [5.74, 6) is -0.571. The summed E-state index contributed by atoms with van der Waals surface area (Å²) >= 11 is 0. The number of fused-ring (bicyclic) bond motifs is 1. The first-order chi connectivity index (χ1) is 15.4. The molecule has 0 saturated carbocycles. The lowest BCUT2D eigenvalue weighted by Gasteiger charge is -2.33. The molecule has 1 saturated heterocycles. The van der Waals surface area contributed by atoms with Crippen molar-refractivity contribution in [3.8, 4) is 0 Å². The van der Waals surface area contributed by atoms with Crippen LogP contribution in [0.1, 0.15) is 62.8 Å². The summed E-state index contributed by atoms with van der Waals surface area (Å²) in [5, 5.41) is 10.7. The molecule has 166 valence electrons. The molecule has 0 amide bonds. The van der Waals surface area contributed by atoms with Crippen molar-refractivity contribution in [3.05, 3.63) is 75.4 Å². The molecule has 2 aliphatic heterocycles. The number of esters is 1. The van der Waals surface area contributed by atoms with Crippen LogP contribution in [0.15, 0.2) is 30.3 Å². The Morgan fingerprint density at radius 2 is 2.06 bits per heavy atom. The third kappa shape index (κ3) is 4.43. The number of hydrogen-bond donors (Lipinski definition) is 1. The average molecular weight is 436 g/mol. The fourth-order valence-corrected chi connectivity index (χ4v) is 4.58. The quantitative estimate of drug-likeness (QED) is 0.414. The number of hydrogen-bond acceptors (Lipinski definition) is 5. The van der Waals surface area contributed by atoms with E-state index in [4.69, 9.17) is 11.3 Å². The van der Waals surface area contributed by atoms with Gasteiger partial charge in [-0.3, -0.25) is 4.79 Å². The summed E-state index contributed by atoms with van der Waals surface area (Å²) in [6.45, 7) is 11.0. The predicted octanol–water partition coefficient (Wildman–Crippen LogP) is 4.37. The number of carbonyl (C=O) groups is 2. The molecule has 2 heterocycles. The Kier molecular flexibility index (Phi) is 6.35. The van der Waals surface area contributed by atoms with Crippen LogP contribution in [0.2, 0.25) is 0 Å². The van der Waals surface area contributed by atoms with Crippen LogP contribution >= 0.6 is 0 Å². The largest absolute Gasteiger partial charge is 0.457 e. The maximum Gasteiger partial charge on any atom is 0.338 e. The van der Waals surface area contributed by atoms with Gasteiger partial charge in [-0.25, -0.2) is 14.0 Å². The number of carbonyl (C=O) groups excluding carboxylic acids is 2. The minimum atomic E-state index is -0.800. The van der Waals surface area contributed by atoms with Gasteiger partial charge in [0.05, 0.1) is 18.2 Å². The zero-order valence-electron chi connectivity index (χ0n) is 17.9. The normalized spacial score (nSPS) is 17.5. The Balaban J connectivity index is 1.31. The topological polar surface area (TPSA) is 71.2 Å². The average Bonchev–Trinajstić information content (AvgIpc) is 3.15. The number of ether oxygens (including phenoxy) is 1. The van der Waals surface area contributed by atoms with Crippen molar-refractivity contribution in [1.82, 2.24) is 4.90 Å². The molecule has 1 N–H and O–H groups in total. The minimum absolute atomic E-state index is 0.0405. The van der Waals surface area contributed by atoms with Crippen LogP contribution in [-0.2, 0) is 11.3 Å². The number of ketones is 1.